The van der Waals surface area contributed by atoms with Crippen LogP contribution >= 0.6 is 0 Å². The molecule has 8 fully saturated rings. The van der Waals surface area contributed by atoms with E-state index in [1.807, 2.05) is 0 Å². The van der Waals surface area contributed by atoms with E-state index >= 15 is 0 Å². The van der Waals surface area contributed by atoms with Gasteiger partial charge in [0, 0.05) is 62.4 Å². The Morgan fingerprint density at radius 1 is 0.469 bits per heavy atom. The number of esters is 2. The molecule has 538 valence electrons. The molecule has 6 N–H and O–H groups in total. The lowest BCUT2D eigenvalue weighted by Gasteiger charge is -2.72. The van der Waals surface area contributed by atoms with Crippen molar-refractivity contribution in [2.75, 3.05) is 26.2 Å². The van der Waals surface area contributed by atoms with E-state index in [9.17, 15) is 19.2 Å². The number of nitrogens with two attached hydrogens (primary N) is 2. The topological polar surface area (TPSA) is 163 Å². The summed E-state index contributed by atoms with van der Waals surface area (Å²) in [6, 6.07) is 0. The maximum Gasteiger partial charge on any atom is 0.302 e. The number of hydrogen-bond acceptors (Lipinski definition) is 8. The van der Waals surface area contributed by atoms with Gasteiger partial charge < -0.3 is 31.6 Å². The van der Waals surface area contributed by atoms with Crippen LogP contribution in [0.4, 0.5) is 0 Å². The van der Waals surface area contributed by atoms with Gasteiger partial charge in [0.1, 0.15) is 12.2 Å². The lowest BCUT2D eigenvalue weighted by atomic mass is 9.32. The van der Waals surface area contributed by atoms with Gasteiger partial charge in [-0.15, -0.1) is 0 Å². The molecule has 10 nitrogen and oxygen atoms in total. The molecule has 0 aromatic rings. The minimum absolute atomic E-state index is 0.0251. The lowest BCUT2D eigenvalue weighted by molar-refractivity contribution is -0.227. The molecule has 10 heteroatoms. The highest BCUT2D eigenvalue weighted by molar-refractivity contribution is 5.85. The summed E-state index contributed by atoms with van der Waals surface area (Å²) in [5, 5.41) is 7.12. The first kappa shape index (κ1) is 75.1. The summed E-state index contributed by atoms with van der Waals surface area (Å²) in [5.41, 5.74) is 13.4. The van der Waals surface area contributed by atoms with Crippen LogP contribution in [-0.4, -0.2) is 62.1 Å². The number of unbranched alkanes of at least 4 members (excludes halogenated alkanes) is 10. The second kappa shape index (κ2) is 29.0. The Balaban J connectivity index is 0.871. The molecule has 8 saturated carbocycles. The molecule has 0 unspecified atom stereocenters. The number of ether oxygens (including phenoxy) is 2. The van der Waals surface area contributed by atoms with E-state index in [0.717, 1.165) is 167 Å². The van der Waals surface area contributed by atoms with Crippen molar-refractivity contribution in [3.63, 3.8) is 0 Å². The maximum absolute atomic E-state index is 14.9. The monoisotopic (exact) mass is 1320 g/mol. The Bertz CT molecular complexity index is 2810. The molecular weight excluding hydrogens is 1180 g/mol. The van der Waals surface area contributed by atoms with Crippen molar-refractivity contribution in [1.82, 2.24) is 10.6 Å². The zero-order valence-corrected chi connectivity index (χ0v) is 63.9. The first-order chi connectivity index (χ1) is 45.4. The molecule has 22 atom stereocenters. The molecule has 0 radical (unpaired) electrons. The highest BCUT2D eigenvalue weighted by Gasteiger charge is 2.73. The average molecular weight is 1320 g/mol. The molecule has 0 heterocycles. The van der Waals surface area contributed by atoms with Gasteiger partial charge in [0.15, 0.2) is 0 Å². The van der Waals surface area contributed by atoms with Crippen LogP contribution in [0.15, 0.2) is 23.3 Å². The maximum atomic E-state index is 14.9. The van der Waals surface area contributed by atoms with E-state index in [0.29, 0.717) is 72.0 Å². The van der Waals surface area contributed by atoms with Crippen molar-refractivity contribution in [3.8, 4) is 23.7 Å². The van der Waals surface area contributed by atoms with Crippen LogP contribution in [0.25, 0.3) is 0 Å². The minimum Gasteiger partial charge on any atom is -0.462 e. The van der Waals surface area contributed by atoms with Gasteiger partial charge >= 0.3 is 11.9 Å². The number of carbonyl (C=O) groups is 4. The largest absolute Gasteiger partial charge is 0.462 e. The molecule has 96 heavy (non-hydrogen) atoms. The van der Waals surface area contributed by atoms with Crippen molar-refractivity contribution in [2.45, 2.75) is 316 Å². The second-order valence-electron chi connectivity index (χ2n) is 37.6. The molecule has 10 aliphatic rings. The first-order valence-corrected chi connectivity index (χ1v) is 40.0. The van der Waals surface area contributed by atoms with Gasteiger partial charge in [-0.2, -0.15) is 0 Å². The lowest BCUT2D eigenvalue weighted by Crippen LogP contribution is -2.67. The van der Waals surface area contributed by atoms with Crippen LogP contribution < -0.4 is 22.1 Å². The summed E-state index contributed by atoms with van der Waals surface area (Å²) in [5.74, 6) is 18.4. The fraction of sp³-hybridized carbons (Fsp3) is 0.860. The zero-order chi connectivity index (χ0) is 69.7. The van der Waals surface area contributed by atoms with Crippen LogP contribution in [0.2, 0.25) is 0 Å². The predicted octanol–water partition coefficient (Wildman–Crippen LogP) is 18.2. The molecule has 0 saturated heterocycles. The number of carbonyl (C=O) groups excluding carboxylic acids is 4. The molecule has 0 spiro atoms. The van der Waals surface area contributed by atoms with Crippen LogP contribution in [0.5, 0.6) is 0 Å². The molecule has 10 aliphatic carbocycles. The van der Waals surface area contributed by atoms with E-state index in [4.69, 9.17) is 20.9 Å². The van der Waals surface area contributed by atoms with Crippen molar-refractivity contribution in [3.05, 3.63) is 23.3 Å². The molecular formula is C86H138N4O6. The molecule has 0 aromatic heterocycles. The number of hydrogen-bond donors (Lipinski definition) is 4. The summed E-state index contributed by atoms with van der Waals surface area (Å²) >= 11 is 0. The van der Waals surface area contributed by atoms with Crippen LogP contribution in [0.1, 0.15) is 303 Å². The minimum atomic E-state index is -0.352. The van der Waals surface area contributed by atoms with Crippen LogP contribution in [-0.2, 0) is 28.7 Å². The molecule has 0 aliphatic heterocycles. The Morgan fingerprint density at radius 3 is 1.18 bits per heavy atom. The number of amides is 2. The number of rotatable bonds is 22. The van der Waals surface area contributed by atoms with Gasteiger partial charge in [0.2, 0.25) is 11.8 Å². The van der Waals surface area contributed by atoms with Gasteiger partial charge in [0.05, 0.1) is 10.8 Å². The molecule has 0 bridgehead atoms. The summed E-state index contributed by atoms with van der Waals surface area (Å²) in [6.07, 6.45) is 36.5. The molecule has 10 rings (SSSR count). The highest BCUT2D eigenvalue weighted by atomic mass is 16.5. The predicted molar refractivity (Wildman–Crippen MR) is 391 cm³/mol. The Morgan fingerprint density at radius 2 is 0.823 bits per heavy atom. The zero-order valence-electron chi connectivity index (χ0n) is 63.9. The fourth-order valence-electron chi connectivity index (χ4n) is 26.8. The number of fused-ring (bicyclic) bond motifs is 14. The fourth-order valence-corrected chi connectivity index (χ4v) is 26.8. The van der Waals surface area contributed by atoms with Crippen LogP contribution in [0, 0.1) is 149 Å². The smallest absolute Gasteiger partial charge is 0.302 e. The molecule has 2 amide bonds. The SMILES string of the molecule is CC(=O)O[C@H]1[C@H](CC#CC#CC[C@@H]2C[C@]3(C)[C@H]4CC=C5[C@H]6[C@@H](C)[C@H](C)CC[C@]6(C(=O)NCCCCCCCCN)CC[C@@]5(C)[C@]4(C)CC[C@H]3C(C)(C)[C@H]2OC(C)=O)C[C@]2(C)[C@H]3CC=C4[C@H]5[C@@H](C)[C@H](C)CC[C@]5(C(=O)NCCCCCCCCN)CC[C@@]4(C)[C@]3(C)CC[C@H]2C1(C)C. The third kappa shape index (κ3) is 12.8. The van der Waals surface area contributed by atoms with Gasteiger partial charge in [-0.3, -0.25) is 19.2 Å². The van der Waals surface area contributed by atoms with E-state index in [2.05, 4.69) is 143 Å². The summed E-state index contributed by atoms with van der Waals surface area (Å²) in [4.78, 5) is 56.3. The third-order valence-electron chi connectivity index (χ3n) is 32.3. The van der Waals surface area contributed by atoms with E-state index in [1.165, 1.54) is 38.5 Å². The number of allylic oxidation sites excluding steroid dienone is 4. The van der Waals surface area contributed by atoms with Gasteiger partial charge in [-0.25, -0.2) is 0 Å². The van der Waals surface area contributed by atoms with Crippen LogP contribution in [0.3, 0.4) is 0 Å². The second-order valence-corrected chi connectivity index (χ2v) is 37.6. The average Bonchev–Trinajstić information content (AvgIpc) is 0.680. The third-order valence-corrected chi connectivity index (χ3v) is 32.3. The molecule has 0 aromatic carbocycles. The van der Waals surface area contributed by atoms with E-state index in [-0.39, 0.29) is 102 Å². The normalized spacial score (nSPS) is 43.0. The van der Waals surface area contributed by atoms with E-state index in [1.54, 1.807) is 25.0 Å². The summed E-state index contributed by atoms with van der Waals surface area (Å²) in [6.45, 7) is 41.4. The van der Waals surface area contributed by atoms with Crippen molar-refractivity contribution >= 4 is 23.8 Å². The van der Waals surface area contributed by atoms with Crippen molar-refractivity contribution in [1.29, 1.82) is 0 Å². The Labute approximate surface area is 585 Å². The quantitative estimate of drug-likeness (QED) is 0.0360. The Kier molecular flexibility index (Phi) is 22.7. The van der Waals surface area contributed by atoms with Gasteiger partial charge in [-0.05, 0) is 245 Å². The van der Waals surface area contributed by atoms with Crippen molar-refractivity contribution < 1.29 is 28.7 Å². The summed E-state index contributed by atoms with van der Waals surface area (Å²) < 4.78 is 13.1. The summed E-state index contributed by atoms with van der Waals surface area (Å²) in [7, 11) is 0. The van der Waals surface area contributed by atoms with Gasteiger partial charge in [-0.1, -0.05) is 183 Å². The highest BCUT2D eigenvalue weighted by Crippen LogP contribution is 2.79. The van der Waals surface area contributed by atoms with Gasteiger partial charge in [0.25, 0.3) is 0 Å². The Hall–Kier alpha value is -3.60. The van der Waals surface area contributed by atoms with Crippen molar-refractivity contribution in [2.24, 2.45) is 137 Å². The first-order valence-electron chi connectivity index (χ1n) is 40.0. The standard InChI is InChI=1S/C86H138N4O6/c1-57-39-45-85(75(93)89-53-31-25-19-17-23-29-51-87)49-47-81(13)65(71(85)59(57)3)35-37-69-79(11)55-63(73(95-61(5)91)77(7,8)67(79)41-43-83(69,81)15)33-27-21-22-28-34-64-56-80(12)68(78(9,10)74(64)96-62(6)92)42-44-84(16)70(80)38-36-66-72-60(4)58(2)40-46-86(72,50-48-82(66,84)14)76(94)90-54-32-26-20-18-24-30-52-88/h35-36,57-60,63-64,67-74H,17-20,23-26,29-34,37-56,87-88H2,1-16H3,(H,89,93)(H,90,94)/t57-,58-,59+,60+,63-,64-,67+,68+,69-,70-,71-,72-,73+,74+,79+,80+,81-,82-,83-,84-,85+,86+/m1/s1. The van der Waals surface area contributed by atoms with E-state index < -0.39 is 0 Å². The number of nitrogens with one attached hydrogen (secondary N) is 2.